The summed E-state index contributed by atoms with van der Waals surface area (Å²) in [4.78, 5) is 25.2. The smallest absolute Gasteiger partial charge is 0.245 e. The third kappa shape index (κ3) is 1.91. The Morgan fingerprint density at radius 1 is 1.48 bits per heavy atom. The number of amides is 1. The summed E-state index contributed by atoms with van der Waals surface area (Å²) < 4.78 is 6.23. The van der Waals surface area contributed by atoms with Crippen LogP contribution in [0, 0.1) is 14.9 Å². The van der Waals surface area contributed by atoms with Gasteiger partial charge in [-0.2, -0.15) is 5.26 Å². The second-order valence-corrected chi connectivity index (χ2v) is 6.58. The standard InChI is InChI=1S/C16H12IN3O3/c1-7(21)13-8(2)23-14(19)11(6-18)16(13)10-5-9(17)3-4-12(10)20-15(16)22/h3-5H,19H2,1-2H3,(H,20,22). The van der Waals surface area contributed by atoms with E-state index in [0.29, 0.717) is 11.3 Å². The molecule has 2 aliphatic heterocycles. The van der Waals surface area contributed by atoms with Crippen LogP contribution < -0.4 is 11.1 Å². The lowest BCUT2D eigenvalue weighted by atomic mass is 9.67. The molecule has 1 atom stereocenters. The first-order valence-electron chi connectivity index (χ1n) is 6.76. The molecule has 2 heterocycles. The van der Waals surface area contributed by atoms with Crippen LogP contribution >= 0.6 is 22.6 Å². The molecule has 1 amide bonds. The quantitative estimate of drug-likeness (QED) is 0.676. The van der Waals surface area contributed by atoms with Gasteiger partial charge in [-0.3, -0.25) is 9.59 Å². The molecule has 3 N–H and O–H groups in total. The average molecular weight is 421 g/mol. The number of nitriles is 1. The van der Waals surface area contributed by atoms with E-state index in [1.54, 1.807) is 19.1 Å². The van der Waals surface area contributed by atoms with Gasteiger partial charge in [-0.05, 0) is 54.6 Å². The molecule has 0 radical (unpaired) electrons. The lowest BCUT2D eigenvalue weighted by molar-refractivity contribution is -0.122. The van der Waals surface area contributed by atoms with Gasteiger partial charge in [0.15, 0.2) is 5.78 Å². The number of allylic oxidation sites excluding steroid dienone is 1. The minimum atomic E-state index is -1.55. The highest BCUT2D eigenvalue weighted by Gasteiger charge is 2.58. The van der Waals surface area contributed by atoms with E-state index in [-0.39, 0.29) is 28.6 Å². The number of hydrogen-bond acceptors (Lipinski definition) is 5. The Hall–Kier alpha value is -2.34. The Morgan fingerprint density at radius 3 is 2.78 bits per heavy atom. The van der Waals surface area contributed by atoms with E-state index >= 15 is 0 Å². The Morgan fingerprint density at radius 2 is 2.17 bits per heavy atom. The molecule has 116 valence electrons. The number of nitrogens with one attached hydrogen (secondary N) is 1. The number of rotatable bonds is 1. The van der Waals surface area contributed by atoms with Crippen LogP contribution in [0.3, 0.4) is 0 Å². The number of Topliss-reactive ketones (excluding diaryl/α,β-unsaturated/α-hetero) is 1. The van der Waals surface area contributed by atoms with Crippen molar-refractivity contribution in [2.24, 2.45) is 5.73 Å². The molecular weight excluding hydrogens is 409 g/mol. The molecule has 0 saturated heterocycles. The first-order chi connectivity index (χ1) is 10.8. The fraction of sp³-hybridized carbons (Fsp3) is 0.188. The number of ether oxygens (including phenoxy) is 1. The Labute approximate surface area is 146 Å². The third-order valence-electron chi connectivity index (χ3n) is 4.05. The number of carbonyl (C=O) groups excluding carboxylic acids is 2. The lowest BCUT2D eigenvalue weighted by Crippen LogP contribution is -2.44. The van der Waals surface area contributed by atoms with Crippen molar-refractivity contribution in [2.75, 3.05) is 5.32 Å². The maximum absolute atomic E-state index is 12.9. The van der Waals surface area contributed by atoms with Gasteiger partial charge in [0.1, 0.15) is 22.8 Å². The minimum absolute atomic E-state index is 0.0634. The molecule has 6 nitrogen and oxygen atoms in total. The van der Waals surface area contributed by atoms with Crippen molar-refractivity contribution >= 4 is 40.0 Å². The lowest BCUT2D eigenvalue weighted by Gasteiger charge is -2.34. The van der Waals surface area contributed by atoms with E-state index in [1.165, 1.54) is 6.92 Å². The number of ketones is 1. The molecule has 1 unspecified atom stereocenters. The summed E-state index contributed by atoms with van der Waals surface area (Å²) in [6.45, 7) is 2.91. The SMILES string of the molecule is CC(=O)C1=C(C)OC(N)=C(C#N)C12C(=O)Nc1ccc(I)cc12. The van der Waals surface area contributed by atoms with Crippen molar-refractivity contribution in [1.82, 2.24) is 0 Å². The van der Waals surface area contributed by atoms with Crippen molar-refractivity contribution in [3.63, 3.8) is 0 Å². The van der Waals surface area contributed by atoms with Crippen molar-refractivity contribution in [3.05, 3.63) is 50.1 Å². The highest BCUT2D eigenvalue weighted by molar-refractivity contribution is 14.1. The summed E-state index contributed by atoms with van der Waals surface area (Å²) in [7, 11) is 0. The number of fused-ring (bicyclic) bond motifs is 2. The van der Waals surface area contributed by atoms with E-state index in [0.717, 1.165) is 3.57 Å². The van der Waals surface area contributed by atoms with E-state index in [9.17, 15) is 14.9 Å². The van der Waals surface area contributed by atoms with Crippen LogP contribution in [0.2, 0.25) is 0 Å². The monoisotopic (exact) mass is 421 g/mol. The van der Waals surface area contributed by atoms with Gasteiger partial charge >= 0.3 is 0 Å². The van der Waals surface area contributed by atoms with Crippen LogP contribution in [0.4, 0.5) is 5.69 Å². The molecule has 0 aromatic heterocycles. The molecule has 23 heavy (non-hydrogen) atoms. The summed E-state index contributed by atoms with van der Waals surface area (Å²) in [5.41, 5.74) is 5.49. The summed E-state index contributed by atoms with van der Waals surface area (Å²) >= 11 is 2.11. The summed E-state index contributed by atoms with van der Waals surface area (Å²) in [5, 5.41) is 12.4. The Bertz CT molecular complexity index is 879. The number of nitrogens with two attached hydrogens (primary N) is 1. The second-order valence-electron chi connectivity index (χ2n) is 5.33. The van der Waals surface area contributed by atoms with Crippen LogP contribution in [0.15, 0.2) is 41.0 Å². The van der Waals surface area contributed by atoms with Gasteiger partial charge in [0.05, 0.1) is 5.57 Å². The van der Waals surface area contributed by atoms with Crippen LogP contribution in [-0.2, 0) is 19.7 Å². The van der Waals surface area contributed by atoms with Crippen molar-refractivity contribution in [3.8, 4) is 6.07 Å². The molecular formula is C16H12IN3O3. The minimum Gasteiger partial charge on any atom is -0.445 e. The topological polar surface area (TPSA) is 105 Å². The highest BCUT2D eigenvalue weighted by Crippen LogP contribution is 2.52. The number of nitrogens with zero attached hydrogens (tertiary/aromatic N) is 1. The third-order valence-corrected chi connectivity index (χ3v) is 4.72. The zero-order valence-electron chi connectivity index (χ0n) is 12.4. The summed E-state index contributed by atoms with van der Waals surface area (Å²) in [6, 6.07) is 7.32. The number of benzene rings is 1. The van der Waals surface area contributed by atoms with E-state index in [1.807, 2.05) is 12.1 Å². The molecule has 1 aromatic rings. The highest BCUT2D eigenvalue weighted by atomic mass is 127. The molecule has 0 aliphatic carbocycles. The fourth-order valence-corrected chi connectivity index (χ4v) is 3.75. The zero-order chi connectivity index (χ0) is 16.9. The second kappa shape index (κ2) is 5.09. The van der Waals surface area contributed by atoms with Crippen molar-refractivity contribution in [1.29, 1.82) is 5.26 Å². The van der Waals surface area contributed by atoms with Crippen molar-refractivity contribution < 1.29 is 14.3 Å². The number of hydrogen-bond donors (Lipinski definition) is 2. The van der Waals surface area contributed by atoms with Gasteiger partial charge in [0, 0.05) is 14.8 Å². The largest absolute Gasteiger partial charge is 0.445 e. The summed E-state index contributed by atoms with van der Waals surface area (Å²) in [5.74, 6) is -0.737. The molecule has 1 aromatic carbocycles. The van der Waals surface area contributed by atoms with E-state index in [4.69, 9.17) is 10.5 Å². The number of anilines is 1. The van der Waals surface area contributed by atoms with Gasteiger partial charge in [-0.25, -0.2) is 0 Å². The summed E-state index contributed by atoms with van der Waals surface area (Å²) in [6.07, 6.45) is 0. The zero-order valence-corrected chi connectivity index (χ0v) is 14.5. The number of carbonyl (C=O) groups is 2. The van der Waals surface area contributed by atoms with Crippen LogP contribution in [0.5, 0.6) is 0 Å². The van der Waals surface area contributed by atoms with E-state index in [2.05, 4.69) is 27.9 Å². The van der Waals surface area contributed by atoms with Crippen LogP contribution in [-0.4, -0.2) is 11.7 Å². The average Bonchev–Trinajstić information content (AvgIpc) is 2.72. The molecule has 1 spiro atoms. The van der Waals surface area contributed by atoms with Gasteiger partial charge < -0.3 is 15.8 Å². The first-order valence-corrected chi connectivity index (χ1v) is 7.83. The predicted octanol–water partition coefficient (Wildman–Crippen LogP) is 2.07. The number of halogens is 1. The molecule has 0 saturated carbocycles. The van der Waals surface area contributed by atoms with Gasteiger partial charge in [-0.15, -0.1) is 0 Å². The fourth-order valence-electron chi connectivity index (χ4n) is 3.26. The Kier molecular flexibility index (Phi) is 3.44. The molecule has 2 aliphatic rings. The van der Waals surface area contributed by atoms with Crippen molar-refractivity contribution in [2.45, 2.75) is 19.3 Å². The predicted molar refractivity (Wildman–Crippen MR) is 90.8 cm³/mol. The normalized spacial score (nSPS) is 22.6. The molecule has 3 rings (SSSR count). The maximum Gasteiger partial charge on any atom is 0.245 e. The van der Waals surface area contributed by atoms with E-state index < -0.39 is 11.3 Å². The molecule has 0 fully saturated rings. The maximum atomic E-state index is 12.9. The molecule has 0 bridgehead atoms. The molecule has 7 heteroatoms. The van der Waals surface area contributed by atoms with Gasteiger partial charge in [0.2, 0.25) is 11.8 Å². The van der Waals surface area contributed by atoms with Gasteiger partial charge in [0.25, 0.3) is 0 Å². The van der Waals surface area contributed by atoms with Gasteiger partial charge in [-0.1, -0.05) is 0 Å². The van der Waals surface area contributed by atoms with Crippen LogP contribution in [0.25, 0.3) is 0 Å². The van der Waals surface area contributed by atoms with Crippen LogP contribution in [0.1, 0.15) is 19.4 Å². The Balaban J connectivity index is 2.48. The first kappa shape index (κ1) is 15.6.